The van der Waals surface area contributed by atoms with Gasteiger partial charge in [0.2, 0.25) is 5.95 Å². The Bertz CT molecular complexity index is 364. The molecule has 0 saturated carbocycles. The summed E-state index contributed by atoms with van der Waals surface area (Å²) in [6.45, 7) is 0. The molecule has 0 unspecified atom stereocenters. The van der Waals surface area contributed by atoms with Crippen LogP contribution in [-0.4, -0.2) is 34.4 Å². The van der Waals surface area contributed by atoms with Gasteiger partial charge in [-0.2, -0.15) is 0 Å². The lowest BCUT2D eigenvalue weighted by Gasteiger charge is -1.92. The predicted octanol–water partition coefficient (Wildman–Crippen LogP) is -1.33. The van der Waals surface area contributed by atoms with Gasteiger partial charge in [-0.15, -0.1) is 5.10 Å². The van der Waals surface area contributed by atoms with Crippen molar-refractivity contribution < 1.29 is 9.63 Å². The lowest BCUT2D eigenvalue weighted by Crippen LogP contribution is -2.14. The second-order valence-corrected chi connectivity index (χ2v) is 1.93. The van der Waals surface area contributed by atoms with Crippen LogP contribution in [0.25, 0.3) is 0 Å². The first-order valence-corrected chi connectivity index (χ1v) is 3.24. The van der Waals surface area contributed by atoms with E-state index in [1.54, 1.807) is 0 Å². The highest BCUT2D eigenvalue weighted by Gasteiger charge is 2.01. The van der Waals surface area contributed by atoms with Crippen LogP contribution in [0.1, 0.15) is 0 Å². The molecule has 0 aliphatic carbocycles. The largest absolute Gasteiger partial charge is 0.399 e. The van der Waals surface area contributed by atoms with E-state index in [0.717, 1.165) is 6.21 Å². The van der Waals surface area contributed by atoms with Crippen LogP contribution in [0.3, 0.4) is 0 Å². The molecule has 0 saturated heterocycles. The zero-order valence-corrected chi connectivity index (χ0v) is 6.70. The topological polar surface area (TPSA) is 112 Å². The minimum Gasteiger partial charge on any atom is -0.399 e. The Kier molecular flexibility index (Phi) is 2.79. The molecule has 0 aliphatic rings. The van der Waals surface area contributed by atoms with Crippen LogP contribution >= 0.6 is 0 Å². The highest BCUT2D eigenvalue weighted by atomic mass is 16.6. The fourth-order valence-corrected chi connectivity index (χ4v) is 0.579. The number of anilines is 1. The van der Waals surface area contributed by atoms with E-state index in [1.807, 2.05) is 0 Å². The van der Waals surface area contributed by atoms with E-state index < -0.39 is 11.6 Å². The van der Waals surface area contributed by atoms with Crippen molar-refractivity contribution >= 4 is 18.1 Å². The van der Waals surface area contributed by atoms with Gasteiger partial charge in [-0.3, -0.25) is 15.1 Å². The molecule has 1 heterocycles. The number of amides is 1. The van der Waals surface area contributed by atoms with Gasteiger partial charge in [-0.05, 0) is 0 Å². The van der Waals surface area contributed by atoms with Gasteiger partial charge in [0.05, 0.1) is 0 Å². The third-order valence-corrected chi connectivity index (χ3v) is 1.02. The number of hydrogen-bond donors (Lipinski definition) is 3. The summed E-state index contributed by atoms with van der Waals surface area (Å²) in [5, 5.41) is 11.0. The molecule has 3 N–H and O–H groups in total. The number of nitrogens with zero attached hydrogens (tertiary/aromatic N) is 2. The van der Waals surface area contributed by atoms with Crippen LogP contribution in [0.4, 0.5) is 5.95 Å². The number of carbonyl (C=O) groups is 1. The van der Waals surface area contributed by atoms with Crippen molar-refractivity contribution in [2.75, 3.05) is 12.4 Å². The van der Waals surface area contributed by atoms with Crippen LogP contribution < -0.4 is 11.0 Å². The Morgan fingerprint density at radius 3 is 3.08 bits per heavy atom. The fraction of sp³-hybridized carbons (Fsp3) is 0.200. The maximum atomic E-state index is 10.9. The van der Waals surface area contributed by atoms with Gasteiger partial charge in [0.25, 0.3) is 5.91 Å². The fourth-order valence-electron chi connectivity index (χ4n) is 0.579. The summed E-state index contributed by atoms with van der Waals surface area (Å²) in [5.74, 6) is -0.526. The van der Waals surface area contributed by atoms with Gasteiger partial charge < -0.3 is 4.84 Å². The summed E-state index contributed by atoms with van der Waals surface area (Å²) in [5.41, 5.74) is -0.501. The number of oxime groups is 1. The number of carbonyl (C=O) groups excluding carboxylic acids is 1. The van der Waals surface area contributed by atoms with Gasteiger partial charge in [-0.1, -0.05) is 5.16 Å². The molecule has 13 heavy (non-hydrogen) atoms. The molecule has 0 aliphatic heterocycles. The van der Waals surface area contributed by atoms with Crippen molar-refractivity contribution in [2.24, 2.45) is 5.16 Å². The third kappa shape index (κ3) is 2.77. The Labute approximate surface area is 72.0 Å². The highest BCUT2D eigenvalue weighted by molar-refractivity contribution is 6.31. The van der Waals surface area contributed by atoms with Crippen LogP contribution in [0.5, 0.6) is 0 Å². The molecule has 0 bridgehead atoms. The number of aromatic amines is 2. The Morgan fingerprint density at radius 2 is 2.54 bits per heavy atom. The second-order valence-electron chi connectivity index (χ2n) is 1.93. The molecule has 0 spiro atoms. The van der Waals surface area contributed by atoms with Gasteiger partial charge in [0.1, 0.15) is 13.3 Å². The quantitative estimate of drug-likeness (QED) is 0.400. The molecule has 70 valence electrons. The Balaban J connectivity index is 2.55. The maximum Gasteiger partial charge on any atom is 0.342 e. The van der Waals surface area contributed by atoms with Crippen molar-refractivity contribution in [3.05, 3.63) is 10.5 Å². The minimum atomic E-state index is -0.551. The minimum absolute atomic E-state index is 0.0255. The number of aromatic nitrogens is 3. The van der Waals surface area contributed by atoms with Gasteiger partial charge in [0, 0.05) is 0 Å². The lowest BCUT2D eigenvalue weighted by atomic mass is 10.6. The van der Waals surface area contributed by atoms with Crippen molar-refractivity contribution in [3.8, 4) is 0 Å². The molecule has 0 radical (unpaired) electrons. The first kappa shape index (κ1) is 8.97. The van der Waals surface area contributed by atoms with Crippen LogP contribution in [0, 0.1) is 0 Å². The molecule has 0 atom stereocenters. The van der Waals surface area contributed by atoms with E-state index in [4.69, 9.17) is 0 Å². The van der Waals surface area contributed by atoms with Crippen molar-refractivity contribution in [1.82, 2.24) is 15.2 Å². The summed E-state index contributed by atoms with van der Waals surface area (Å²) in [6.07, 6.45) is 0.910. The highest BCUT2D eigenvalue weighted by Crippen LogP contribution is 1.87. The van der Waals surface area contributed by atoms with Crippen LogP contribution in [-0.2, 0) is 9.63 Å². The SMILES string of the molecule is CO/N=C/C(=O)Nc1n[nH]c(=O)[nH]1. The average molecular weight is 185 g/mol. The molecule has 1 rings (SSSR count). The molecular formula is C5H7N5O3. The van der Waals surface area contributed by atoms with E-state index in [2.05, 4.69) is 30.5 Å². The Hall–Kier alpha value is -2.12. The van der Waals surface area contributed by atoms with E-state index in [0.29, 0.717) is 0 Å². The average Bonchev–Trinajstić information content (AvgIpc) is 2.48. The molecule has 0 aromatic carbocycles. The maximum absolute atomic E-state index is 10.9. The summed E-state index contributed by atoms with van der Waals surface area (Å²) >= 11 is 0. The monoisotopic (exact) mass is 185 g/mol. The normalized spacial score (nSPS) is 10.2. The van der Waals surface area contributed by atoms with Gasteiger partial charge in [0.15, 0.2) is 0 Å². The van der Waals surface area contributed by atoms with E-state index in [-0.39, 0.29) is 5.95 Å². The van der Waals surface area contributed by atoms with Crippen molar-refractivity contribution in [2.45, 2.75) is 0 Å². The molecule has 8 nitrogen and oxygen atoms in total. The first-order chi connectivity index (χ1) is 6.22. The number of rotatable bonds is 3. The first-order valence-electron chi connectivity index (χ1n) is 3.24. The molecule has 1 amide bonds. The van der Waals surface area contributed by atoms with Crippen molar-refractivity contribution in [3.63, 3.8) is 0 Å². The van der Waals surface area contributed by atoms with Crippen LogP contribution in [0.2, 0.25) is 0 Å². The number of hydrogen-bond acceptors (Lipinski definition) is 5. The van der Waals surface area contributed by atoms with E-state index in [1.165, 1.54) is 7.11 Å². The third-order valence-electron chi connectivity index (χ3n) is 1.02. The summed E-state index contributed by atoms with van der Waals surface area (Å²) in [6, 6.07) is 0. The lowest BCUT2D eigenvalue weighted by molar-refractivity contribution is -0.110. The standard InChI is InChI=1S/C5H7N5O3/c1-13-6-2-3(11)7-4-8-5(12)10-9-4/h2H,1H3,(H3,7,8,9,10,11,12)/b6-2+. The van der Waals surface area contributed by atoms with Gasteiger partial charge in [-0.25, -0.2) is 9.89 Å². The zero-order valence-electron chi connectivity index (χ0n) is 6.70. The second kappa shape index (κ2) is 4.04. The predicted molar refractivity (Wildman–Crippen MR) is 43.3 cm³/mol. The smallest absolute Gasteiger partial charge is 0.342 e. The summed E-state index contributed by atoms with van der Waals surface area (Å²) in [4.78, 5) is 27.9. The molecular weight excluding hydrogens is 178 g/mol. The van der Waals surface area contributed by atoms with E-state index in [9.17, 15) is 9.59 Å². The van der Waals surface area contributed by atoms with Gasteiger partial charge >= 0.3 is 5.69 Å². The number of H-pyrrole nitrogens is 2. The zero-order chi connectivity index (χ0) is 9.68. The van der Waals surface area contributed by atoms with Crippen molar-refractivity contribution in [1.29, 1.82) is 0 Å². The molecule has 0 fully saturated rings. The van der Waals surface area contributed by atoms with E-state index >= 15 is 0 Å². The summed E-state index contributed by atoms with van der Waals surface area (Å²) in [7, 11) is 1.31. The molecule has 1 aromatic rings. The molecule has 8 heteroatoms. The summed E-state index contributed by atoms with van der Waals surface area (Å²) < 4.78 is 0. The number of nitrogens with one attached hydrogen (secondary N) is 3. The van der Waals surface area contributed by atoms with Crippen LogP contribution in [0.15, 0.2) is 9.95 Å². The molecule has 1 aromatic heterocycles. The Morgan fingerprint density at radius 1 is 1.77 bits per heavy atom.